The van der Waals surface area contributed by atoms with Crippen molar-refractivity contribution in [1.82, 2.24) is 0 Å². The summed E-state index contributed by atoms with van der Waals surface area (Å²) in [7, 11) is 0. The van der Waals surface area contributed by atoms with E-state index in [0.717, 1.165) is 0 Å². The fourth-order valence-electron chi connectivity index (χ4n) is 5.64. The summed E-state index contributed by atoms with van der Waals surface area (Å²) in [4.78, 5) is 0. The summed E-state index contributed by atoms with van der Waals surface area (Å²) >= 11 is 2.11. The van der Waals surface area contributed by atoms with E-state index in [9.17, 15) is 0 Å². The molecular weight excluding hydrogens is 476 g/mol. The average molecular weight is 529 g/mol. The molecule has 3 aromatic rings. The van der Waals surface area contributed by atoms with Crippen molar-refractivity contribution < 1.29 is 0 Å². The summed E-state index contributed by atoms with van der Waals surface area (Å²) in [6.07, 6.45) is 22.7. The van der Waals surface area contributed by atoms with Gasteiger partial charge in [-0.25, -0.2) is 0 Å². The van der Waals surface area contributed by atoms with Crippen molar-refractivity contribution in [1.29, 1.82) is 0 Å². The summed E-state index contributed by atoms with van der Waals surface area (Å²) in [5, 5.41) is 0. The van der Waals surface area contributed by atoms with Crippen LogP contribution in [-0.4, -0.2) is 5.75 Å². The van der Waals surface area contributed by atoms with Gasteiger partial charge in [0.25, 0.3) is 0 Å². The van der Waals surface area contributed by atoms with Gasteiger partial charge < -0.3 is 0 Å². The standard InChI is InChI=1S/C37H52S/c1-2-3-4-5-6-7-8-9-10-11-12-13-14-15-16-26-33-38-37(34-27-20-17-21-28-34,35-29-22-18-23-30-35)36-31-24-19-25-32-36/h17-25,27-32H,2-16,26,33H2,1H3. The lowest BCUT2D eigenvalue weighted by molar-refractivity contribution is 0.531. The molecule has 0 saturated heterocycles. The number of unbranched alkanes of at least 4 members (excludes halogenated alkanes) is 15. The molecule has 0 aromatic heterocycles. The van der Waals surface area contributed by atoms with Crippen molar-refractivity contribution in [2.45, 2.75) is 114 Å². The van der Waals surface area contributed by atoms with E-state index in [1.807, 2.05) is 0 Å². The van der Waals surface area contributed by atoms with Gasteiger partial charge in [-0.3, -0.25) is 0 Å². The molecule has 0 amide bonds. The highest BCUT2D eigenvalue weighted by Crippen LogP contribution is 2.48. The van der Waals surface area contributed by atoms with Crippen molar-refractivity contribution in [2.24, 2.45) is 0 Å². The Labute approximate surface area is 239 Å². The zero-order chi connectivity index (χ0) is 26.6. The minimum Gasteiger partial charge on any atom is -0.141 e. The minimum absolute atomic E-state index is 0.167. The Hall–Kier alpha value is -1.99. The van der Waals surface area contributed by atoms with E-state index >= 15 is 0 Å². The molecule has 0 bridgehead atoms. The van der Waals surface area contributed by atoms with Crippen molar-refractivity contribution in [3.05, 3.63) is 108 Å². The third-order valence-electron chi connectivity index (χ3n) is 7.86. The monoisotopic (exact) mass is 528 g/mol. The van der Waals surface area contributed by atoms with Crippen LogP contribution in [0.25, 0.3) is 0 Å². The van der Waals surface area contributed by atoms with Crippen LogP contribution in [-0.2, 0) is 4.75 Å². The van der Waals surface area contributed by atoms with Crippen LogP contribution in [0.4, 0.5) is 0 Å². The van der Waals surface area contributed by atoms with E-state index in [1.54, 1.807) is 0 Å². The molecule has 0 N–H and O–H groups in total. The number of thioether (sulfide) groups is 1. The lowest BCUT2D eigenvalue weighted by Crippen LogP contribution is -2.26. The molecule has 0 nitrogen and oxygen atoms in total. The second-order valence-corrected chi connectivity index (χ2v) is 12.2. The molecule has 206 valence electrons. The number of benzene rings is 3. The maximum Gasteiger partial charge on any atom is 0.0906 e. The topological polar surface area (TPSA) is 0 Å². The van der Waals surface area contributed by atoms with Crippen LogP contribution < -0.4 is 0 Å². The van der Waals surface area contributed by atoms with Gasteiger partial charge in [-0.05, 0) is 28.9 Å². The molecule has 0 aliphatic carbocycles. The summed E-state index contributed by atoms with van der Waals surface area (Å²) in [6, 6.07) is 33.3. The molecule has 0 radical (unpaired) electrons. The van der Waals surface area contributed by atoms with Gasteiger partial charge in [0, 0.05) is 0 Å². The van der Waals surface area contributed by atoms with E-state index in [2.05, 4.69) is 110 Å². The Balaban J connectivity index is 1.38. The average Bonchev–Trinajstić information content (AvgIpc) is 2.98. The summed E-state index contributed by atoms with van der Waals surface area (Å²) in [6.45, 7) is 2.30. The van der Waals surface area contributed by atoms with Crippen LogP contribution >= 0.6 is 11.8 Å². The fourth-order valence-corrected chi connectivity index (χ4v) is 7.21. The Morgan fingerprint density at radius 2 is 0.684 bits per heavy atom. The molecule has 0 spiro atoms. The van der Waals surface area contributed by atoms with E-state index in [-0.39, 0.29) is 4.75 Å². The van der Waals surface area contributed by atoms with E-state index in [4.69, 9.17) is 0 Å². The fraction of sp³-hybridized carbons (Fsp3) is 0.514. The SMILES string of the molecule is CCCCCCCCCCCCCCCCCCSC(c1ccccc1)(c1ccccc1)c1ccccc1. The van der Waals surface area contributed by atoms with Crippen molar-refractivity contribution >= 4 is 11.8 Å². The predicted molar refractivity (Wildman–Crippen MR) is 171 cm³/mol. The minimum atomic E-state index is -0.167. The van der Waals surface area contributed by atoms with E-state index in [1.165, 1.54) is 125 Å². The maximum atomic E-state index is 2.31. The van der Waals surface area contributed by atoms with Crippen molar-refractivity contribution in [2.75, 3.05) is 5.75 Å². The molecule has 0 atom stereocenters. The quantitative estimate of drug-likeness (QED) is 0.0978. The molecule has 0 saturated carbocycles. The van der Waals surface area contributed by atoms with E-state index < -0.39 is 0 Å². The first-order chi connectivity index (χ1) is 18.9. The summed E-state index contributed by atoms with van der Waals surface area (Å²) in [5.74, 6) is 1.18. The number of hydrogen-bond acceptors (Lipinski definition) is 1. The number of hydrogen-bond donors (Lipinski definition) is 0. The van der Waals surface area contributed by atoms with Gasteiger partial charge in [0.2, 0.25) is 0 Å². The highest BCUT2D eigenvalue weighted by Gasteiger charge is 2.36. The first kappa shape index (κ1) is 30.6. The molecule has 0 unspecified atom stereocenters. The highest BCUT2D eigenvalue weighted by molar-refractivity contribution is 8.00. The lowest BCUT2D eigenvalue weighted by Gasteiger charge is -2.35. The van der Waals surface area contributed by atoms with Gasteiger partial charge in [0.15, 0.2) is 0 Å². The molecule has 38 heavy (non-hydrogen) atoms. The zero-order valence-electron chi connectivity index (χ0n) is 24.1. The van der Waals surface area contributed by atoms with Crippen LogP contribution in [0, 0.1) is 0 Å². The van der Waals surface area contributed by atoms with Gasteiger partial charge in [-0.15, -0.1) is 11.8 Å². The van der Waals surface area contributed by atoms with Crippen molar-refractivity contribution in [3.8, 4) is 0 Å². The number of rotatable bonds is 21. The molecule has 3 aromatic carbocycles. The Kier molecular flexibility index (Phi) is 15.4. The van der Waals surface area contributed by atoms with Gasteiger partial charge in [0.05, 0.1) is 4.75 Å². The van der Waals surface area contributed by atoms with Crippen LogP contribution in [0.5, 0.6) is 0 Å². The predicted octanol–water partition coefficient (Wildman–Crippen LogP) is 12.0. The van der Waals surface area contributed by atoms with Gasteiger partial charge in [-0.1, -0.05) is 194 Å². The second kappa shape index (κ2) is 19.1. The molecule has 0 heterocycles. The van der Waals surface area contributed by atoms with Gasteiger partial charge in [0.1, 0.15) is 0 Å². The maximum absolute atomic E-state index is 2.31. The molecular formula is C37H52S. The summed E-state index contributed by atoms with van der Waals surface area (Å²) in [5.41, 5.74) is 4.12. The Bertz CT molecular complexity index is 838. The third-order valence-corrected chi connectivity index (χ3v) is 9.49. The first-order valence-electron chi connectivity index (χ1n) is 15.7. The zero-order valence-corrected chi connectivity index (χ0v) is 24.9. The second-order valence-electron chi connectivity index (χ2n) is 10.9. The first-order valence-corrected chi connectivity index (χ1v) is 16.7. The Morgan fingerprint density at radius 1 is 0.395 bits per heavy atom. The molecule has 0 aliphatic rings. The van der Waals surface area contributed by atoms with E-state index in [0.29, 0.717) is 0 Å². The highest BCUT2D eigenvalue weighted by atomic mass is 32.2. The third kappa shape index (κ3) is 10.3. The van der Waals surface area contributed by atoms with Crippen LogP contribution in [0.15, 0.2) is 91.0 Å². The smallest absolute Gasteiger partial charge is 0.0906 e. The van der Waals surface area contributed by atoms with Crippen LogP contribution in [0.1, 0.15) is 126 Å². The van der Waals surface area contributed by atoms with Gasteiger partial charge in [-0.2, -0.15) is 0 Å². The Morgan fingerprint density at radius 3 is 1.00 bits per heavy atom. The lowest BCUT2D eigenvalue weighted by atomic mass is 9.84. The summed E-state index contributed by atoms with van der Waals surface area (Å²) < 4.78 is -0.167. The molecule has 3 rings (SSSR count). The molecule has 1 heteroatoms. The normalized spacial score (nSPS) is 11.6. The van der Waals surface area contributed by atoms with Crippen LogP contribution in [0.3, 0.4) is 0 Å². The van der Waals surface area contributed by atoms with Crippen LogP contribution in [0.2, 0.25) is 0 Å². The largest absolute Gasteiger partial charge is 0.141 e. The van der Waals surface area contributed by atoms with Crippen molar-refractivity contribution in [3.63, 3.8) is 0 Å². The molecule has 0 fully saturated rings. The molecule has 0 aliphatic heterocycles. The van der Waals surface area contributed by atoms with Gasteiger partial charge >= 0.3 is 0 Å².